The summed E-state index contributed by atoms with van der Waals surface area (Å²) in [6.45, 7) is 5.82. The van der Waals surface area contributed by atoms with E-state index in [1.165, 1.54) is 24.0 Å². The number of nitrogens with one attached hydrogen (secondary N) is 1. The Labute approximate surface area is 144 Å². The third-order valence-electron chi connectivity index (χ3n) is 4.68. The SMILES string of the molecule is Cc1ccc(C)c(NC(=O)[C@H](C)Oc2cccc3c2CCCC3)c1. The standard InChI is InChI=1S/C21H25NO2/c1-14-11-12-15(2)19(13-14)22-21(23)16(3)24-20-10-6-8-17-7-4-5-9-18(17)20/h6,8,10-13,16H,4-5,7,9H2,1-3H3,(H,22,23)/t16-/m0/s1. The summed E-state index contributed by atoms with van der Waals surface area (Å²) < 4.78 is 6.00. The molecule has 0 aromatic heterocycles. The lowest BCUT2D eigenvalue weighted by Gasteiger charge is -2.22. The Hall–Kier alpha value is -2.29. The van der Waals surface area contributed by atoms with Crippen LogP contribution in [0.2, 0.25) is 0 Å². The average molecular weight is 323 g/mol. The first-order chi connectivity index (χ1) is 11.5. The van der Waals surface area contributed by atoms with Crippen LogP contribution in [0.3, 0.4) is 0 Å². The first kappa shape index (κ1) is 16.6. The Bertz CT molecular complexity index is 751. The lowest BCUT2D eigenvalue weighted by molar-refractivity contribution is -0.122. The third-order valence-corrected chi connectivity index (χ3v) is 4.68. The number of hydrogen-bond acceptors (Lipinski definition) is 2. The summed E-state index contributed by atoms with van der Waals surface area (Å²) in [5.41, 5.74) is 5.67. The van der Waals surface area contributed by atoms with Crippen LogP contribution in [-0.2, 0) is 17.6 Å². The first-order valence-electron chi connectivity index (χ1n) is 8.70. The van der Waals surface area contributed by atoms with Gasteiger partial charge in [-0.05, 0) is 80.8 Å². The Kier molecular flexibility index (Phi) is 4.89. The largest absolute Gasteiger partial charge is 0.481 e. The molecule has 2 aromatic rings. The van der Waals surface area contributed by atoms with Crippen molar-refractivity contribution in [3.8, 4) is 5.75 Å². The number of aryl methyl sites for hydroxylation is 3. The van der Waals surface area contributed by atoms with Gasteiger partial charge in [0.1, 0.15) is 5.75 Å². The van der Waals surface area contributed by atoms with Crippen molar-refractivity contribution >= 4 is 11.6 Å². The minimum absolute atomic E-state index is 0.114. The summed E-state index contributed by atoms with van der Waals surface area (Å²) in [6, 6.07) is 12.2. The number of amides is 1. The quantitative estimate of drug-likeness (QED) is 0.894. The third kappa shape index (κ3) is 3.61. The van der Waals surface area contributed by atoms with Gasteiger partial charge in [-0.1, -0.05) is 24.3 Å². The Morgan fingerprint density at radius 3 is 2.75 bits per heavy atom. The van der Waals surface area contributed by atoms with Gasteiger partial charge in [0.2, 0.25) is 0 Å². The maximum absolute atomic E-state index is 12.5. The average Bonchev–Trinajstić information content (AvgIpc) is 2.58. The highest BCUT2D eigenvalue weighted by Gasteiger charge is 2.19. The molecule has 0 fully saturated rings. The van der Waals surface area contributed by atoms with Crippen LogP contribution < -0.4 is 10.1 Å². The molecular formula is C21H25NO2. The van der Waals surface area contributed by atoms with E-state index < -0.39 is 6.10 Å². The molecule has 1 N–H and O–H groups in total. The predicted octanol–water partition coefficient (Wildman–Crippen LogP) is 4.59. The van der Waals surface area contributed by atoms with Crippen molar-refractivity contribution in [2.45, 2.75) is 52.6 Å². The molecule has 126 valence electrons. The number of rotatable bonds is 4. The van der Waals surface area contributed by atoms with Gasteiger partial charge in [0.25, 0.3) is 5.91 Å². The number of fused-ring (bicyclic) bond motifs is 1. The van der Waals surface area contributed by atoms with E-state index in [0.29, 0.717) is 0 Å². The normalized spacial score (nSPS) is 14.6. The van der Waals surface area contributed by atoms with Gasteiger partial charge in [0.15, 0.2) is 6.10 Å². The molecule has 3 nitrogen and oxygen atoms in total. The van der Waals surface area contributed by atoms with Gasteiger partial charge in [0.05, 0.1) is 0 Å². The van der Waals surface area contributed by atoms with E-state index in [1.54, 1.807) is 0 Å². The van der Waals surface area contributed by atoms with E-state index in [2.05, 4.69) is 11.4 Å². The Balaban J connectivity index is 1.72. The fourth-order valence-corrected chi connectivity index (χ4v) is 3.21. The van der Waals surface area contributed by atoms with Gasteiger partial charge in [-0.2, -0.15) is 0 Å². The van der Waals surface area contributed by atoms with Crippen LogP contribution in [0.4, 0.5) is 5.69 Å². The summed E-state index contributed by atoms with van der Waals surface area (Å²) in [5.74, 6) is 0.743. The molecule has 1 amide bonds. The summed E-state index contributed by atoms with van der Waals surface area (Å²) >= 11 is 0. The van der Waals surface area contributed by atoms with Crippen LogP contribution in [0.5, 0.6) is 5.75 Å². The highest BCUT2D eigenvalue weighted by atomic mass is 16.5. The fourth-order valence-electron chi connectivity index (χ4n) is 3.21. The molecule has 1 atom stereocenters. The molecule has 0 heterocycles. The van der Waals surface area contributed by atoms with E-state index in [0.717, 1.165) is 35.4 Å². The van der Waals surface area contributed by atoms with Crippen molar-refractivity contribution < 1.29 is 9.53 Å². The fraction of sp³-hybridized carbons (Fsp3) is 0.381. The number of anilines is 1. The zero-order valence-corrected chi connectivity index (χ0v) is 14.7. The van der Waals surface area contributed by atoms with Crippen LogP contribution in [0, 0.1) is 13.8 Å². The Morgan fingerprint density at radius 2 is 1.92 bits per heavy atom. The molecule has 0 unspecified atom stereocenters. The van der Waals surface area contributed by atoms with Gasteiger partial charge in [-0.25, -0.2) is 0 Å². The molecule has 0 bridgehead atoms. The zero-order chi connectivity index (χ0) is 17.1. The van der Waals surface area contributed by atoms with Crippen LogP contribution in [0.1, 0.15) is 42.0 Å². The van der Waals surface area contributed by atoms with Crippen molar-refractivity contribution in [1.29, 1.82) is 0 Å². The minimum atomic E-state index is -0.529. The smallest absolute Gasteiger partial charge is 0.265 e. The summed E-state index contributed by atoms with van der Waals surface area (Å²) in [4.78, 5) is 12.5. The lowest BCUT2D eigenvalue weighted by atomic mass is 9.91. The maximum atomic E-state index is 12.5. The number of ether oxygens (including phenoxy) is 1. The topological polar surface area (TPSA) is 38.3 Å². The zero-order valence-electron chi connectivity index (χ0n) is 14.7. The Morgan fingerprint density at radius 1 is 1.12 bits per heavy atom. The second-order valence-electron chi connectivity index (χ2n) is 6.67. The molecule has 0 aliphatic heterocycles. The molecule has 1 aliphatic carbocycles. The number of carbonyl (C=O) groups is 1. The number of carbonyl (C=O) groups excluding carboxylic acids is 1. The van der Waals surface area contributed by atoms with Gasteiger partial charge in [-0.15, -0.1) is 0 Å². The molecule has 2 aromatic carbocycles. The molecule has 1 aliphatic rings. The monoisotopic (exact) mass is 323 g/mol. The highest BCUT2D eigenvalue weighted by molar-refractivity contribution is 5.94. The lowest BCUT2D eigenvalue weighted by Crippen LogP contribution is -2.31. The number of hydrogen-bond donors (Lipinski definition) is 1. The molecule has 0 spiro atoms. The van der Waals surface area contributed by atoms with Crippen molar-refractivity contribution in [3.05, 3.63) is 58.7 Å². The predicted molar refractivity (Wildman–Crippen MR) is 97.7 cm³/mol. The van der Waals surface area contributed by atoms with Crippen molar-refractivity contribution in [2.75, 3.05) is 5.32 Å². The van der Waals surface area contributed by atoms with Gasteiger partial charge >= 0.3 is 0 Å². The second-order valence-corrected chi connectivity index (χ2v) is 6.67. The maximum Gasteiger partial charge on any atom is 0.265 e. The molecular weight excluding hydrogens is 298 g/mol. The van der Waals surface area contributed by atoms with E-state index in [1.807, 2.05) is 51.1 Å². The van der Waals surface area contributed by atoms with E-state index in [4.69, 9.17) is 4.74 Å². The minimum Gasteiger partial charge on any atom is -0.481 e. The van der Waals surface area contributed by atoms with E-state index in [-0.39, 0.29) is 5.91 Å². The van der Waals surface area contributed by atoms with Crippen molar-refractivity contribution in [3.63, 3.8) is 0 Å². The second kappa shape index (κ2) is 7.08. The summed E-state index contributed by atoms with van der Waals surface area (Å²) in [6.07, 6.45) is 4.04. The molecule has 0 saturated carbocycles. The van der Waals surface area contributed by atoms with Crippen LogP contribution >= 0.6 is 0 Å². The molecule has 24 heavy (non-hydrogen) atoms. The van der Waals surface area contributed by atoms with Crippen molar-refractivity contribution in [2.24, 2.45) is 0 Å². The summed E-state index contributed by atoms with van der Waals surface area (Å²) in [5, 5.41) is 2.99. The molecule has 3 heteroatoms. The van der Waals surface area contributed by atoms with Gasteiger partial charge in [-0.3, -0.25) is 4.79 Å². The van der Waals surface area contributed by atoms with E-state index >= 15 is 0 Å². The van der Waals surface area contributed by atoms with Crippen molar-refractivity contribution in [1.82, 2.24) is 0 Å². The molecule has 0 radical (unpaired) electrons. The highest BCUT2D eigenvalue weighted by Crippen LogP contribution is 2.30. The molecule has 3 rings (SSSR count). The van der Waals surface area contributed by atoms with Crippen LogP contribution in [0.25, 0.3) is 0 Å². The molecule has 0 saturated heterocycles. The van der Waals surface area contributed by atoms with Gasteiger partial charge in [0, 0.05) is 5.69 Å². The van der Waals surface area contributed by atoms with Crippen LogP contribution in [0.15, 0.2) is 36.4 Å². The van der Waals surface area contributed by atoms with Crippen LogP contribution in [-0.4, -0.2) is 12.0 Å². The van der Waals surface area contributed by atoms with Gasteiger partial charge < -0.3 is 10.1 Å². The first-order valence-corrected chi connectivity index (χ1v) is 8.70. The number of benzene rings is 2. The summed E-state index contributed by atoms with van der Waals surface area (Å²) in [7, 11) is 0. The van der Waals surface area contributed by atoms with E-state index in [9.17, 15) is 4.79 Å².